The minimum Gasteiger partial charge on any atom is -0.393 e. The van der Waals surface area contributed by atoms with Gasteiger partial charge in [0.2, 0.25) is 10.0 Å². The molecule has 9 nitrogen and oxygen atoms in total. The Morgan fingerprint density at radius 3 is 2.52 bits per heavy atom. The van der Waals surface area contributed by atoms with Gasteiger partial charge in [0.05, 0.1) is 16.7 Å². The zero-order chi connectivity index (χ0) is 15.6. The van der Waals surface area contributed by atoms with Crippen molar-refractivity contribution in [1.29, 1.82) is 0 Å². The van der Waals surface area contributed by atoms with Crippen molar-refractivity contribution in [3.05, 3.63) is 28.3 Å². The summed E-state index contributed by atoms with van der Waals surface area (Å²) < 4.78 is 26.3. The molecule has 0 unspecified atom stereocenters. The minimum atomic E-state index is -4.01. The van der Waals surface area contributed by atoms with E-state index in [1.807, 2.05) is 0 Å². The van der Waals surface area contributed by atoms with E-state index in [0.29, 0.717) is 12.8 Å². The van der Waals surface area contributed by atoms with Crippen LogP contribution in [0.4, 0.5) is 11.4 Å². The van der Waals surface area contributed by atoms with Crippen molar-refractivity contribution < 1.29 is 18.4 Å². The standard InChI is InChI=1S/C11H16N4O5S/c12-13-8-1-2-10(15(17)18)11(7-8)21(19,20)14-5-3-9(16)4-6-14/h1-2,7,9,13,16H,3-6,12H2. The zero-order valence-corrected chi connectivity index (χ0v) is 11.9. The molecule has 0 aliphatic carbocycles. The Labute approximate surface area is 121 Å². The molecule has 0 radical (unpaired) electrons. The Morgan fingerprint density at radius 1 is 1.38 bits per heavy atom. The van der Waals surface area contributed by atoms with Crippen molar-refractivity contribution in [1.82, 2.24) is 4.31 Å². The third-order valence-electron chi connectivity index (χ3n) is 3.36. The molecule has 0 atom stereocenters. The molecule has 1 aliphatic rings. The Balaban J connectivity index is 2.45. The van der Waals surface area contributed by atoms with Crippen LogP contribution < -0.4 is 11.3 Å². The number of sulfonamides is 1. The quantitative estimate of drug-likeness (QED) is 0.404. The van der Waals surface area contributed by atoms with Gasteiger partial charge < -0.3 is 10.5 Å². The number of hydrogen-bond acceptors (Lipinski definition) is 7. The topological polar surface area (TPSA) is 139 Å². The lowest BCUT2D eigenvalue weighted by Crippen LogP contribution is -2.40. The zero-order valence-electron chi connectivity index (χ0n) is 11.1. The van der Waals surface area contributed by atoms with Gasteiger partial charge >= 0.3 is 0 Å². The second kappa shape index (κ2) is 5.93. The van der Waals surface area contributed by atoms with Crippen LogP contribution in [0.2, 0.25) is 0 Å². The number of anilines is 1. The fraction of sp³-hybridized carbons (Fsp3) is 0.455. The van der Waals surface area contributed by atoms with Gasteiger partial charge in [0.15, 0.2) is 4.90 Å². The summed E-state index contributed by atoms with van der Waals surface area (Å²) in [4.78, 5) is 9.89. The molecule has 1 heterocycles. The van der Waals surface area contributed by atoms with E-state index in [1.165, 1.54) is 6.07 Å². The van der Waals surface area contributed by atoms with Crippen LogP contribution in [-0.2, 0) is 10.0 Å². The Kier molecular flexibility index (Phi) is 4.42. The summed E-state index contributed by atoms with van der Waals surface area (Å²) in [5.41, 5.74) is 2.03. The van der Waals surface area contributed by atoms with E-state index in [9.17, 15) is 23.6 Å². The van der Waals surface area contributed by atoms with Crippen molar-refractivity contribution >= 4 is 21.4 Å². The first kappa shape index (κ1) is 15.6. The van der Waals surface area contributed by atoms with E-state index in [2.05, 4.69) is 5.43 Å². The van der Waals surface area contributed by atoms with Gasteiger partial charge in [-0.1, -0.05) is 0 Å². The van der Waals surface area contributed by atoms with Crippen LogP contribution in [0.15, 0.2) is 23.1 Å². The largest absolute Gasteiger partial charge is 0.393 e. The maximum atomic E-state index is 12.6. The van der Waals surface area contributed by atoms with Gasteiger partial charge in [0.1, 0.15) is 0 Å². The molecule has 21 heavy (non-hydrogen) atoms. The van der Waals surface area contributed by atoms with Crippen LogP contribution in [0.1, 0.15) is 12.8 Å². The third-order valence-corrected chi connectivity index (χ3v) is 5.29. The molecule has 4 N–H and O–H groups in total. The smallest absolute Gasteiger partial charge is 0.289 e. The van der Waals surface area contributed by atoms with Gasteiger partial charge in [0.25, 0.3) is 5.69 Å². The first-order chi connectivity index (χ1) is 9.86. The molecule has 0 bridgehead atoms. The molecule has 1 aromatic carbocycles. The number of hydrazine groups is 1. The predicted molar refractivity (Wildman–Crippen MR) is 74.9 cm³/mol. The summed E-state index contributed by atoms with van der Waals surface area (Å²) in [6.45, 7) is 0.252. The normalized spacial score (nSPS) is 17.6. The van der Waals surface area contributed by atoms with Gasteiger partial charge in [0, 0.05) is 19.2 Å². The van der Waals surface area contributed by atoms with E-state index < -0.39 is 31.6 Å². The Hall–Kier alpha value is -1.75. The number of aliphatic hydroxyl groups excluding tert-OH is 1. The molecular formula is C11H16N4O5S. The van der Waals surface area contributed by atoms with Crippen molar-refractivity contribution in [2.75, 3.05) is 18.5 Å². The highest BCUT2D eigenvalue weighted by atomic mass is 32.2. The number of nitro groups is 1. The Bertz CT molecular complexity index is 640. The van der Waals surface area contributed by atoms with Crippen LogP contribution >= 0.6 is 0 Å². The van der Waals surface area contributed by atoms with Crippen LogP contribution in [0, 0.1) is 10.1 Å². The lowest BCUT2D eigenvalue weighted by molar-refractivity contribution is -0.387. The number of benzene rings is 1. The molecule has 0 aromatic heterocycles. The van der Waals surface area contributed by atoms with Gasteiger partial charge in [-0.25, -0.2) is 8.42 Å². The van der Waals surface area contributed by atoms with E-state index in [0.717, 1.165) is 16.4 Å². The lowest BCUT2D eigenvalue weighted by atomic mass is 10.1. The maximum Gasteiger partial charge on any atom is 0.289 e. The molecule has 1 saturated heterocycles. The number of aliphatic hydroxyl groups is 1. The van der Waals surface area contributed by atoms with Crippen molar-refractivity contribution in [2.24, 2.45) is 5.84 Å². The highest BCUT2D eigenvalue weighted by Crippen LogP contribution is 2.30. The first-order valence-electron chi connectivity index (χ1n) is 6.29. The lowest BCUT2D eigenvalue weighted by Gasteiger charge is -2.28. The number of nitrogens with two attached hydrogens (primary N) is 1. The third kappa shape index (κ3) is 3.13. The summed E-state index contributed by atoms with van der Waals surface area (Å²) in [7, 11) is -4.01. The van der Waals surface area contributed by atoms with E-state index in [-0.39, 0.29) is 18.8 Å². The second-order valence-corrected chi connectivity index (χ2v) is 6.63. The van der Waals surface area contributed by atoms with E-state index in [1.54, 1.807) is 0 Å². The SMILES string of the molecule is NNc1ccc([N+](=O)[O-])c(S(=O)(=O)N2CCC(O)CC2)c1. The molecule has 0 amide bonds. The van der Waals surface area contributed by atoms with Crippen molar-refractivity contribution in [3.63, 3.8) is 0 Å². The molecule has 0 spiro atoms. The fourth-order valence-corrected chi connectivity index (χ4v) is 3.84. The maximum absolute atomic E-state index is 12.6. The molecule has 2 rings (SSSR count). The fourth-order valence-electron chi connectivity index (χ4n) is 2.18. The summed E-state index contributed by atoms with van der Waals surface area (Å²) in [6.07, 6.45) is 0.0764. The van der Waals surface area contributed by atoms with Crippen LogP contribution in [-0.4, -0.2) is 41.9 Å². The molecule has 1 aliphatic heterocycles. The summed E-state index contributed by atoms with van der Waals surface area (Å²) >= 11 is 0. The summed E-state index contributed by atoms with van der Waals surface area (Å²) in [6, 6.07) is 3.57. The molecule has 1 fully saturated rings. The number of rotatable bonds is 4. The van der Waals surface area contributed by atoms with E-state index in [4.69, 9.17) is 5.84 Å². The monoisotopic (exact) mass is 316 g/mol. The van der Waals surface area contributed by atoms with Crippen molar-refractivity contribution in [3.8, 4) is 0 Å². The highest BCUT2D eigenvalue weighted by molar-refractivity contribution is 7.89. The van der Waals surface area contributed by atoms with Crippen LogP contribution in [0.3, 0.4) is 0 Å². The number of nitrogens with zero attached hydrogens (tertiary/aromatic N) is 2. The number of nitro benzene ring substituents is 1. The number of nitrogen functional groups attached to an aromatic ring is 1. The van der Waals surface area contributed by atoms with Gasteiger partial charge in [-0.2, -0.15) is 4.31 Å². The van der Waals surface area contributed by atoms with Crippen LogP contribution in [0.25, 0.3) is 0 Å². The molecule has 0 saturated carbocycles. The van der Waals surface area contributed by atoms with Gasteiger partial charge in [-0.15, -0.1) is 0 Å². The summed E-state index contributed by atoms with van der Waals surface area (Å²) in [5.74, 6) is 5.22. The number of hydrogen-bond donors (Lipinski definition) is 3. The summed E-state index contributed by atoms with van der Waals surface area (Å²) in [5, 5.41) is 20.5. The second-order valence-electron chi connectivity index (χ2n) is 4.72. The minimum absolute atomic E-state index is 0.126. The van der Waals surface area contributed by atoms with Crippen molar-refractivity contribution in [2.45, 2.75) is 23.8 Å². The first-order valence-corrected chi connectivity index (χ1v) is 7.73. The van der Waals surface area contributed by atoms with Gasteiger partial charge in [-0.05, 0) is 25.0 Å². The average Bonchev–Trinajstić information content (AvgIpc) is 2.47. The molecule has 1 aromatic rings. The average molecular weight is 316 g/mol. The predicted octanol–water partition coefficient (Wildman–Crippen LogP) is 0.0258. The van der Waals surface area contributed by atoms with Gasteiger partial charge in [-0.3, -0.25) is 16.0 Å². The molecule has 10 heteroatoms. The Morgan fingerprint density at radius 2 is 2.00 bits per heavy atom. The highest BCUT2D eigenvalue weighted by Gasteiger charge is 2.34. The molecule has 116 valence electrons. The number of piperidine rings is 1. The van der Waals surface area contributed by atoms with Crippen LogP contribution in [0.5, 0.6) is 0 Å². The van der Waals surface area contributed by atoms with E-state index >= 15 is 0 Å². The number of nitrogens with one attached hydrogen (secondary N) is 1. The molecular weight excluding hydrogens is 300 g/mol.